The molecule has 0 unspecified atom stereocenters. The SMILES string of the molecule is Cc1ccccc1OCc1nnc2cccc(Br)n12. The Morgan fingerprint density at radius 1 is 1.11 bits per heavy atom. The fourth-order valence-corrected chi connectivity index (χ4v) is 2.45. The highest BCUT2D eigenvalue weighted by atomic mass is 79.9. The van der Waals surface area contributed by atoms with Crippen LogP contribution in [0.25, 0.3) is 5.65 Å². The molecule has 0 bridgehead atoms. The second-order valence-electron chi connectivity index (χ2n) is 4.21. The van der Waals surface area contributed by atoms with Gasteiger partial charge in [-0.3, -0.25) is 4.40 Å². The summed E-state index contributed by atoms with van der Waals surface area (Å²) in [7, 11) is 0. The number of benzene rings is 1. The summed E-state index contributed by atoms with van der Waals surface area (Å²) in [5.41, 5.74) is 1.91. The van der Waals surface area contributed by atoms with E-state index in [0.29, 0.717) is 6.61 Å². The first-order valence-corrected chi connectivity index (χ1v) is 6.72. The molecule has 0 aliphatic heterocycles. The fraction of sp³-hybridized carbons (Fsp3) is 0.143. The molecule has 96 valence electrons. The number of halogens is 1. The number of aryl methyl sites for hydroxylation is 1. The molecule has 0 fully saturated rings. The van der Waals surface area contributed by atoms with Gasteiger partial charge in [0.15, 0.2) is 11.5 Å². The first-order chi connectivity index (χ1) is 9.25. The number of rotatable bonds is 3. The average Bonchev–Trinajstić information content (AvgIpc) is 2.83. The minimum absolute atomic E-state index is 0.384. The fourth-order valence-electron chi connectivity index (χ4n) is 1.91. The van der Waals surface area contributed by atoms with Gasteiger partial charge in [-0.25, -0.2) is 0 Å². The van der Waals surface area contributed by atoms with Gasteiger partial charge < -0.3 is 4.74 Å². The largest absolute Gasteiger partial charge is 0.485 e. The van der Waals surface area contributed by atoms with E-state index in [1.165, 1.54) is 0 Å². The zero-order valence-electron chi connectivity index (χ0n) is 10.4. The van der Waals surface area contributed by atoms with Crippen molar-refractivity contribution < 1.29 is 4.74 Å². The molecule has 0 atom stereocenters. The molecule has 2 aromatic heterocycles. The molecule has 0 saturated heterocycles. The third kappa shape index (κ3) is 2.33. The lowest BCUT2D eigenvalue weighted by Crippen LogP contribution is -2.03. The molecule has 0 amide bonds. The quantitative estimate of drug-likeness (QED) is 0.695. The Bertz CT molecular complexity index is 724. The minimum Gasteiger partial charge on any atom is -0.485 e. The Kier molecular flexibility index (Phi) is 3.21. The Morgan fingerprint density at radius 3 is 2.79 bits per heavy atom. The molecule has 0 spiro atoms. The van der Waals surface area contributed by atoms with Crippen LogP contribution >= 0.6 is 15.9 Å². The van der Waals surface area contributed by atoms with Crippen LogP contribution in [0.4, 0.5) is 0 Å². The lowest BCUT2D eigenvalue weighted by Gasteiger charge is -2.08. The number of para-hydroxylation sites is 1. The third-order valence-electron chi connectivity index (χ3n) is 2.90. The maximum Gasteiger partial charge on any atom is 0.176 e. The van der Waals surface area contributed by atoms with Crippen LogP contribution in [0.15, 0.2) is 47.1 Å². The number of aromatic nitrogens is 3. The molecule has 0 N–H and O–H groups in total. The molecule has 0 aliphatic carbocycles. The second kappa shape index (κ2) is 5.01. The highest BCUT2D eigenvalue weighted by Gasteiger charge is 2.09. The standard InChI is InChI=1S/C14H12BrN3O/c1-10-5-2-3-6-11(10)19-9-14-17-16-13-8-4-7-12(15)18(13)14/h2-8H,9H2,1H3. The molecular weight excluding hydrogens is 306 g/mol. The van der Waals surface area contributed by atoms with Crippen molar-refractivity contribution in [2.75, 3.05) is 0 Å². The molecular formula is C14H12BrN3O. The van der Waals surface area contributed by atoms with E-state index < -0.39 is 0 Å². The van der Waals surface area contributed by atoms with E-state index in [2.05, 4.69) is 26.1 Å². The summed E-state index contributed by atoms with van der Waals surface area (Å²) in [6.45, 7) is 2.40. The molecule has 0 aliphatic rings. The van der Waals surface area contributed by atoms with Crippen LogP contribution in [0, 0.1) is 6.92 Å². The number of fused-ring (bicyclic) bond motifs is 1. The van der Waals surface area contributed by atoms with E-state index in [1.54, 1.807) is 0 Å². The van der Waals surface area contributed by atoms with E-state index in [9.17, 15) is 0 Å². The van der Waals surface area contributed by atoms with Crippen LogP contribution in [0.5, 0.6) is 5.75 Å². The summed E-state index contributed by atoms with van der Waals surface area (Å²) in [4.78, 5) is 0. The molecule has 0 saturated carbocycles. The monoisotopic (exact) mass is 317 g/mol. The third-order valence-corrected chi connectivity index (χ3v) is 3.52. The van der Waals surface area contributed by atoms with Crippen LogP contribution in [0.2, 0.25) is 0 Å². The van der Waals surface area contributed by atoms with Gasteiger partial charge >= 0.3 is 0 Å². The average molecular weight is 318 g/mol. The summed E-state index contributed by atoms with van der Waals surface area (Å²) in [6, 6.07) is 13.7. The lowest BCUT2D eigenvalue weighted by atomic mass is 10.2. The van der Waals surface area contributed by atoms with Crippen molar-refractivity contribution in [3.05, 3.63) is 58.5 Å². The summed E-state index contributed by atoms with van der Waals surface area (Å²) >= 11 is 3.49. The van der Waals surface area contributed by atoms with Gasteiger partial charge in [0.05, 0.1) is 4.60 Å². The Balaban J connectivity index is 1.89. The van der Waals surface area contributed by atoms with Crippen molar-refractivity contribution in [2.24, 2.45) is 0 Å². The normalized spacial score (nSPS) is 10.8. The van der Waals surface area contributed by atoms with Crippen molar-refractivity contribution in [3.8, 4) is 5.75 Å². The van der Waals surface area contributed by atoms with Crippen LogP contribution in [-0.4, -0.2) is 14.6 Å². The Labute approximate surface area is 119 Å². The van der Waals surface area contributed by atoms with E-state index in [1.807, 2.05) is 53.8 Å². The van der Waals surface area contributed by atoms with Crippen molar-refractivity contribution in [3.63, 3.8) is 0 Å². The van der Waals surface area contributed by atoms with Crippen LogP contribution in [-0.2, 0) is 6.61 Å². The zero-order chi connectivity index (χ0) is 13.2. The highest BCUT2D eigenvalue weighted by molar-refractivity contribution is 9.10. The highest BCUT2D eigenvalue weighted by Crippen LogP contribution is 2.19. The van der Waals surface area contributed by atoms with Crippen molar-refractivity contribution in [1.82, 2.24) is 14.6 Å². The summed E-state index contributed by atoms with van der Waals surface area (Å²) in [5, 5.41) is 8.28. The number of hydrogen-bond donors (Lipinski definition) is 0. The van der Waals surface area contributed by atoms with Gasteiger partial charge in [0.2, 0.25) is 0 Å². The van der Waals surface area contributed by atoms with Gasteiger partial charge in [-0.15, -0.1) is 10.2 Å². The van der Waals surface area contributed by atoms with Crippen molar-refractivity contribution in [1.29, 1.82) is 0 Å². The first kappa shape index (κ1) is 12.2. The molecule has 3 aromatic rings. The Morgan fingerprint density at radius 2 is 1.95 bits per heavy atom. The molecule has 4 nitrogen and oxygen atoms in total. The van der Waals surface area contributed by atoms with Gasteiger partial charge in [0, 0.05) is 0 Å². The summed E-state index contributed by atoms with van der Waals surface area (Å²) < 4.78 is 8.64. The van der Waals surface area contributed by atoms with Gasteiger partial charge in [0.25, 0.3) is 0 Å². The number of nitrogens with zero attached hydrogens (tertiary/aromatic N) is 3. The molecule has 3 rings (SSSR count). The van der Waals surface area contributed by atoms with Gasteiger partial charge in [-0.1, -0.05) is 24.3 Å². The van der Waals surface area contributed by atoms with Gasteiger partial charge in [-0.05, 0) is 46.6 Å². The summed E-state index contributed by atoms with van der Waals surface area (Å²) in [5.74, 6) is 1.64. The van der Waals surface area contributed by atoms with E-state index in [0.717, 1.165) is 27.4 Å². The molecule has 1 aromatic carbocycles. The second-order valence-corrected chi connectivity index (χ2v) is 5.02. The number of hydrogen-bond acceptors (Lipinski definition) is 3. The molecule has 19 heavy (non-hydrogen) atoms. The molecule has 2 heterocycles. The van der Waals surface area contributed by atoms with E-state index in [-0.39, 0.29) is 0 Å². The maximum atomic E-state index is 5.80. The zero-order valence-corrected chi connectivity index (χ0v) is 12.0. The van der Waals surface area contributed by atoms with E-state index >= 15 is 0 Å². The minimum atomic E-state index is 0.384. The predicted molar refractivity (Wildman–Crippen MR) is 76.2 cm³/mol. The molecule has 0 radical (unpaired) electrons. The van der Waals surface area contributed by atoms with Crippen LogP contribution in [0.1, 0.15) is 11.4 Å². The van der Waals surface area contributed by atoms with Crippen LogP contribution in [0.3, 0.4) is 0 Å². The predicted octanol–water partition coefficient (Wildman–Crippen LogP) is 3.38. The summed E-state index contributed by atoms with van der Waals surface area (Å²) in [6.07, 6.45) is 0. The lowest BCUT2D eigenvalue weighted by molar-refractivity contribution is 0.292. The van der Waals surface area contributed by atoms with Crippen LogP contribution < -0.4 is 4.74 Å². The number of ether oxygens (including phenoxy) is 1. The Hall–Kier alpha value is -1.88. The van der Waals surface area contributed by atoms with Gasteiger partial charge in [-0.2, -0.15) is 0 Å². The first-order valence-electron chi connectivity index (χ1n) is 5.92. The topological polar surface area (TPSA) is 39.4 Å². The van der Waals surface area contributed by atoms with Crippen molar-refractivity contribution in [2.45, 2.75) is 13.5 Å². The maximum absolute atomic E-state index is 5.80. The van der Waals surface area contributed by atoms with Crippen molar-refractivity contribution >= 4 is 21.6 Å². The number of pyridine rings is 1. The van der Waals surface area contributed by atoms with E-state index in [4.69, 9.17) is 4.74 Å². The smallest absolute Gasteiger partial charge is 0.176 e. The van der Waals surface area contributed by atoms with Gasteiger partial charge in [0.1, 0.15) is 12.4 Å². The molecule has 5 heteroatoms.